The number of rotatable bonds is 5. The van der Waals surface area contributed by atoms with E-state index in [9.17, 15) is 4.79 Å². The number of nitrogens with two attached hydrogens (primary N) is 1. The molecule has 0 spiro atoms. The Bertz CT molecular complexity index is 483. The molecule has 1 aliphatic rings. The van der Waals surface area contributed by atoms with Crippen LogP contribution >= 0.6 is 11.6 Å². The van der Waals surface area contributed by atoms with Crippen molar-refractivity contribution in [1.82, 2.24) is 10.3 Å². The normalized spacial score (nSPS) is 21.8. The number of nitrogens with one attached hydrogen (secondary N) is 2. The predicted molar refractivity (Wildman–Crippen MR) is 77.5 cm³/mol. The number of hydrazine groups is 1. The van der Waals surface area contributed by atoms with Crippen molar-refractivity contribution in [3.05, 3.63) is 22.8 Å². The zero-order valence-electron chi connectivity index (χ0n) is 11.4. The van der Waals surface area contributed by atoms with Gasteiger partial charge in [0.25, 0.3) is 5.91 Å². The first-order valence-corrected chi connectivity index (χ1v) is 7.05. The molecule has 2 unspecified atom stereocenters. The molecule has 20 heavy (non-hydrogen) atoms. The van der Waals surface area contributed by atoms with Crippen molar-refractivity contribution in [2.75, 3.05) is 18.6 Å². The summed E-state index contributed by atoms with van der Waals surface area (Å²) in [6.07, 6.45) is 2.17. The van der Waals surface area contributed by atoms with Gasteiger partial charge in [-0.3, -0.25) is 4.79 Å². The maximum atomic E-state index is 12.1. The molecule has 0 bridgehead atoms. The van der Waals surface area contributed by atoms with Gasteiger partial charge < -0.3 is 15.5 Å². The van der Waals surface area contributed by atoms with Crippen LogP contribution in [0, 0.1) is 5.92 Å². The Morgan fingerprint density at radius 1 is 1.60 bits per heavy atom. The number of nitrogen functional groups attached to an aromatic ring is 1. The average molecular weight is 299 g/mol. The van der Waals surface area contributed by atoms with Gasteiger partial charge in [0.05, 0.1) is 6.10 Å². The smallest absolute Gasteiger partial charge is 0.251 e. The summed E-state index contributed by atoms with van der Waals surface area (Å²) in [6, 6.07) is 3.07. The van der Waals surface area contributed by atoms with Gasteiger partial charge in [-0.05, 0) is 25.0 Å². The van der Waals surface area contributed by atoms with Gasteiger partial charge in [-0.1, -0.05) is 18.5 Å². The minimum atomic E-state index is -0.187. The van der Waals surface area contributed by atoms with E-state index >= 15 is 0 Å². The molecule has 4 N–H and O–H groups in total. The monoisotopic (exact) mass is 298 g/mol. The van der Waals surface area contributed by atoms with E-state index in [-0.39, 0.29) is 17.2 Å². The van der Waals surface area contributed by atoms with Crippen LogP contribution in [0.2, 0.25) is 5.15 Å². The van der Waals surface area contributed by atoms with Crippen molar-refractivity contribution in [3.8, 4) is 0 Å². The van der Waals surface area contributed by atoms with E-state index in [0.717, 1.165) is 19.4 Å². The van der Waals surface area contributed by atoms with E-state index in [0.29, 0.717) is 23.8 Å². The molecular weight excluding hydrogens is 280 g/mol. The summed E-state index contributed by atoms with van der Waals surface area (Å²) < 4.78 is 5.60. The Kier molecular flexibility index (Phi) is 5.17. The van der Waals surface area contributed by atoms with E-state index in [1.165, 1.54) is 6.07 Å². The van der Waals surface area contributed by atoms with Crippen molar-refractivity contribution in [3.63, 3.8) is 0 Å². The lowest BCUT2D eigenvalue weighted by atomic mass is 9.99. The van der Waals surface area contributed by atoms with Crippen LogP contribution in [0.4, 0.5) is 5.82 Å². The van der Waals surface area contributed by atoms with Crippen LogP contribution in [0.5, 0.6) is 0 Å². The molecule has 1 saturated heterocycles. The number of halogens is 1. The summed E-state index contributed by atoms with van der Waals surface area (Å²) in [6.45, 7) is 3.46. The molecule has 0 aromatic carbocycles. The van der Waals surface area contributed by atoms with Crippen LogP contribution in [-0.2, 0) is 4.74 Å². The number of aromatic nitrogens is 1. The third kappa shape index (κ3) is 3.59. The zero-order valence-corrected chi connectivity index (χ0v) is 12.1. The highest BCUT2D eigenvalue weighted by Gasteiger charge is 2.27. The lowest BCUT2D eigenvalue weighted by molar-refractivity contribution is 0.0827. The fourth-order valence-electron chi connectivity index (χ4n) is 2.41. The molecule has 110 valence electrons. The third-order valence-corrected chi connectivity index (χ3v) is 3.67. The van der Waals surface area contributed by atoms with Crippen LogP contribution in [0.25, 0.3) is 0 Å². The lowest BCUT2D eigenvalue weighted by Gasteiger charge is -2.17. The number of carbonyl (C=O) groups excluding carboxylic acids is 1. The summed E-state index contributed by atoms with van der Waals surface area (Å²) in [5, 5.41) is 3.13. The van der Waals surface area contributed by atoms with Crippen LogP contribution < -0.4 is 16.6 Å². The first kappa shape index (κ1) is 15.0. The number of hydrogen-bond acceptors (Lipinski definition) is 5. The number of amides is 1. The van der Waals surface area contributed by atoms with Crippen molar-refractivity contribution >= 4 is 23.3 Å². The van der Waals surface area contributed by atoms with Crippen molar-refractivity contribution in [2.24, 2.45) is 11.8 Å². The maximum Gasteiger partial charge on any atom is 0.251 e. The summed E-state index contributed by atoms with van der Waals surface area (Å²) in [5.41, 5.74) is 2.82. The minimum absolute atomic E-state index is 0.187. The molecule has 1 fully saturated rings. The van der Waals surface area contributed by atoms with Gasteiger partial charge in [0, 0.05) is 24.6 Å². The van der Waals surface area contributed by atoms with Crippen LogP contribution in [0.3, 0.4) is 0 Å². The standard InChI is InChI=1S/C13H19ClN4O2/c1-2-10-8(3-4-20-10)7-16-13(19)9-5-11(14)17-12(6-9)18-15/h5-6,8,10H,2-4,7,15H2,1H3,(H,16,19)(H,17,18). The lowest BCUT2D eigenvalue weighted by Crippen LogP contribution is -2.32. The number of nitrogens with zero attached hydrogens (tertiary/aromatic N) is 1. The Balaban J connectivity index is 1.96. The largest absolute Gasteiger partial charge is 0.378 e. The highest BCUT2D eigenvalue weighted by Crippen LogP contribution is 2.22. The topological polar surface area (TPSA) is 89.3 Å². The van der Waals surface area contributed by atoms with E-state index < -0.39 is 0 Å². The second-order valence-corrected chi connectivity index (χ2v) is 5.17. The zero-order chi connectivity index (χ0) is 14.5. The van der Waals surface area contributed by atoms with Gasteiger partial charge in [-0.15, -0.1) is 0 Å². The van der Waals surface area contributed by atoms with Gasteiger partial charge in [-0.2, -0.15) is 0 Å². The number of pyridine rings is 1. The van der Waals surface area contributed by atoms with Gasteiger partial charge in [0.15, 0.2) is 0 Å². The molecule has 2 atom stereocenters. The Morgan fingerprint density at radius 3 is 3.10 bits per heavy atom. The van der Waals surface area contributed by atoms with Crippen molar-refractivity contribution in [1.29, 1.82) is 0 Å². The fraction of sp³-hybridized carbons (Fsp3) is 0.538. The summed E-state index contributed by atoms with van der Waals surface area (Å²) in [4.78, 5) is 16.0. The SMILES string of the molecule is CCC1OCCC1CNC(=O)c1cc(Cl)nc(NN)c1. The quantitative estimate of drug-likeness (QED) is 0.436. The number of ether oxygens (including phenoxy) is 1. The number of carbonyl (C=O) groups is 1. The second-order valence-electron chi connectivity index (χ2n) is 4.78. The van der Waals surface area contributed by atoms with E-state index in [2.05, 4.69) is 22.7 Å². The van der Waals surface area contributed by atoms with Crippen LogP contribution in [0.15, 0.2) is 12.1 Å². The summed E-state index contributed by atoms with van der Waals surface area (Å²) in [7, 11) is 0. The molecule has 1 amide bonds. The molecule has 1 aromatic heterocycles. The Morgan fingerprint density at radius 2 is 2.40 bits per heavy atom. The third-order valence-electron chi connectivity index (χ3n) is 3.48. The molecule has 2 heterocycles. The molecule has 1 aliphatic heterocycles. The highest BCUT2D eigenvalue weighted by atomic mass is 35.5. The van der Waals surface area contributed by atoms with Gasteiger partial charge >= 0.3 is 0 Å². The summed E-state index contributed by atoms with van der Waals surface area (Å²) in [5.74, 6) is 5.82. The first-order chi connectivity index (χ1) is 9.63. The Labute approximate surface area is 123 Å². The van der Waals surface area contributed by atoms with E-state index in [4.69, 9.17) is 22.2 Å². The molecule has 6 nitrogen and oxygen atoms in total. The molecule has 0 radical (unpaired) electrons. The van der Waals surface area contributed by atoms with E-state index in [1.54, 1.807) is 6.07 Å². The summed E-state index contributed by atoms with van der Waals surface area (Å²) >= 11 is 5.84. The molecule has 7 heteroatoms. The molecule has 1 aromatic rings. The minimum Gasteiger partial charge on any atom is -0.378 e. The average Bonchev–Trinajstić information content (AvgIpc) is 2.91. The Hall–Kier alpha value is -1.37. The molecular formula is C13H19ClN4O2. The predicted octanol–water partition coefficient (Wildman–Crippen LogP) is 1.57. The van der Waals surface area contributed by atoms with Crippen molar-refractivity contribution < 1.29 is 9.53 Å². The van der Waals surface area contributed by atoms with Crippen LogP contribution in [0.1, 0.15) is 30.1 Å². The first-order valence-electron chi connectivity index (χ1n) is 6.68. The second kappa shape index (κ2) is 6.88. The van der Waals surface area contributed by atoms with Gasteiger partial charge in [0.1, 0.15) is 11.0 Å². The number of hydrogen-bond donors (Lipinski definition) is 3. The maximum absolute atomic E-state index is 12.1. The number of anilines is 1. The van der Waals surface area contributed by atoms with Crippen molar-refractivity contribution in [2.45, 2.75) is 25.9 Å². The van der Waals surface area contributed by atoms with Crippen LogP contribution in [-0.4, -0.2) is 30.1 Å². The molecule has 2 rings (SSSR count). The highest BCUT2D eigenvalue weighted by molar-refractivity contribution is 6.29. The molecule has 0 aliphatic carbocycles. The van der Waals surface area contributed by atoms with Gasteiger partial charge in [-0.25, -0.2) is 10.8 Å². The van der Waals surface area contributed by atoms with E-state index in [1.807, 2.05) is 0 Å². The fourth-order valence-corrected chi connectivity index (χ4v) is 2.61. The van der Waals surface area contributed by atoms with Gasteiger partial charge in [0.2, 0.25) is 0 Å². The molecule has 0 saturated carbocycles.